The first-order valence-corrected chi connectivity index (χ1v) is 7.07. The number of ketones is 1. The number of benzene rings is 1. The van der Waals surface area contributed by atoms with Crippen LogP contribution in [0.15, 0.2) is 35.7 Å². The Morgan fingerprint density at radius 1 is 1.25 bits per heavy atom. The summed E-state index contributed by atoms with van der Waals surface area (Å²) in [5, 5.41) is 4.30. The fourth-order valence-electron chi connectivity index (χ4n) is 1.74. The minimum atomic E-state index is -0.478. The van der Waals surface area contributed by atoms with Crippen molar-refractivity contribution in [1.82, 2.24) is 0 Å². The zero-order valence-corrected chi connectivity index (χ0v) is 11.8. The predicted molar refractivity (Wildman–Crippen MR) is 77.7 cm³/mol. The van der Waals surface area contributed by atoms with Crippen molar-refractivity contribution in [2.24, 2.45) is 0 Å². The van der Waals surface area contributed by atoms with Crippen molar-refractivity contribution in [2.75, 3.05) is 5.32 Å². The van der Waals surface area contributed by atoms with Crippen LogP contribution in [0.1, 0.15) is 28.1 Å². The highest BCUT2D eigenvalue weighted by molar-refractivity contribution is 7.12. The van der Waals surface area contributed by atoms with Gasteiger partial charge >= 0.3 is 0 Å². The van der Waals surface area contributed by atoms with E-state index >= 15 is 0 Å². The quantitative estimate of drug-likeness (QED) is 0.852. The van der Waals surface area contributed by atoms with Crippen molar-refractivity contribution in [1.29, 1.82) is 0 Å². The van der Waals surface area contributed by atoms with Crippen LogP contribution >= 0.6 is 11.3 Å². The Labute approximate surface area is 120 Å². The van der Waals surface area contributed by atoms with E-state index in [0.29, 0.717) is 4.88 Å². The molecule has 0 spiro atoms. The molecule has 0 aliphatic heterocycles. The van der Waals surface area contributed by atoms with Gasteiger partial charge in [-0.3, -0.25) is 9.59 Å². The summed E-state index contributed by atoms with van der Waals surface area (Å²) in [6.45, 7) is 1.81. The first-order chi connectivity index (χ1) is 9.56. The number of nitrogens with one attached hydrogen (secondary N) is 1. The second-order valence-corrected chi connectivity index (χ2v) is 5.38. The Hall–Kier alpha value is -2.01. The summed E-state index contributed by atoms with van der Waals surface area (Å²) >= 11 is 1.35. The number of halogens is 1. The van der Waals surface area contributed by atoms with Gasteiger partial charge in [0.1, 0.15) is 5.82 Å². The lowest BCUT2D eigenvalue weighted by atomic mass is 10.1. The number of rotatable bonds is 5. The van der Waals surface area contributed by atoms with Crippen molar-refractivity contribution < 1.29 is 14.0 Å². The standard InChI is InChI=1S/C15H14FNO2S/c1-10-4-5-11(16)12(9-10)17-15(19)7-6-13(18)14-3-2-8-20-14/h2-5,8-9H,6-7H2,1H3,(H,17,19). The van der Waals surface area contributed by atoms with Gasteiger partial charge < -0.3 is 5.32 Å². The smallest absolute Gasteiger partial charge is 0.224 e. The molecule has 1 heterocycles. The van der Waals surface area contributed by atoms with Gasteiger partial charge in [0, 0.05) is 12.8 Å². The van der Waals surface area contributed by atoms with E-state index < -0.39 is 5.82 Å². The lowest BCUT2D eigenvalue weighted by Crippen LogP contribution is -2.14. The molecule has 2 aromatic rings. The van der Waals surface area contributed by atoms with Gasteiger partial charge in [0.05, 0.1) is 10.6 Å². The lowest BCUT2D eigenvalue weighted by Gasteiger charge is -2.06. The highest BCUT2D eigenvalue weighted by Crippen LogP contribution is 2.17. The highest BCUT2D eigenvalue weighted by Gasteiger charge is 2.11. The Kier molecular flexibility index (Phi) is 4.63. The van der Waals surface area contributed by atoms with Gasteiger partial charge in [-0.15, -0.1) is 11.3 Å². The molecule has 0 bridgehead atoms. The van der Waals surface area contributed by atoms with Crippen LogP contribution in [0.3, 0.4) is 0 Å². The molecular formula is C15H14FNO2S. The van der Waals surface area contributed by atoms with Crippen molar-refractivity contribution in [3.8, 4) is 0 Å². The number of carbonyl (C=O) groups excluding carboxylic acids is 2. The third kappa shape index (κ3) is 3.74. The molecule has 0 fully saturated rings. The third-order valence-electron chi connectivity index (χ3n) is 2.77. The van der Waals surface area contributed by atoms with Crippen LogP contribution in [0.2, 0.25) is 0 Å². The van der Waals surface area contributed by atoms with Crippen LogP contribution in [-0.2, 0) is 4.79 Å². The minimum Gasteiger partial charge on any atom is -0.324 e. The molecule has 1 amide bonds. The molecule has 0 aliphatic rings. The summed E-state index contributed by atoms with van der Waals surface area (Å²) in [7, 11) is 0. The first-order valence-electron chi connectivity index (χ1n) is 6.19. The maximum Gasteiger partial charge on any atom is 0.224 e. The number of anilines is 1. The predicted octanol–water partition coefficient (Wildman–Crippen LogP) is 3.80. The van der Waals surface area contributed by atoms with Crippen LogP contribution in [-0.4, -0.2) is 11.7 Å². The molecular weight excluding hydrogens is 277 g/mol. The molecule has 3 nitrogen and oxygen atoms in total. The van der Waals surface area contributed by atoms with E-state index in [4.69, 9.17) is 0 Å². The van der Waals surface area contributed by atoms with Crippen LogP contribution in [0.5, 0.6) is 0 Å². The van der Waals surface area contributed by atoms with Gasteiger partial charge in [-0.25, -0.2) is 4.39 Å². The Morgan fingerprint density at radius 3 is 2.75 bits per heavy atom. The van der Waals surface area contributed by atoms with Gasteiger partial charge in [0.15, 0.2) is 5.78 Å². The molecule has 0 unspecified atom stereocenters. The lowest BCUT2D eigenvalue weighted by molar-refractivity contribution is -0.116. The molecule has 0 saturated heterocycles. The molecule has 5 heteroatoms. The van der Waals surface area contributed by atoms with E-state index in [1.54, 1.807) is 24.3 Å². The molecule has 1 aromatic heterocycles. The zero-order chi connectivity index (χ0) is 14.5. The van der Waals surface area contributed by atoms with E-state index in [2.05, 4.69) is 5.32 Å². The molecule has 0 atom stereocenters. The van der Waals surface area contributed by atoms with Crippen molar-refractivity contribution in [3.05, 3.63) is 52.0 Å². The fraction of sp³-hybridized carbons (Fsp3) is 0.200. The number of hydrogen-bond acceptors (Lipinski definition) is 3. The summed E-state index contributed by atoms with van der Waals surface area (Å²) in [6, 6.07) is 8.02. The molecule has 2 rings (SSSR count). The SMILES string of the molecule is Cc1ccc(F)c(NC(=O)CCC(=O)c2cccs2)c1. The van der Waals surface area contributed by atoms with Gasteiger partial charge in [-0.1, -0.05) is 12.1 Å². The van der Waals surface area contributed by atoms with Gasteiger partial charge in [0.25, 0.3) is 0 Å². The monoisotopic (exact) mass is 291 g/mol. The average molecular weight is 291 g/mol. The van der Waals surface area contributed by atoms with Gasteiger partial charge in [-0.2, -0.15) is 0 Å². The number of hydrogen-bond donors (Lipinski definition) is 1. The number of aryl methyl sites for hydroxylation is 1. The number of thiophene rings is 1. The van der Waals surface area contributed by atoms with E-state index in [9.17, 15) is 14.0 Å². The van der Waals surface area contributed by atoms with Crippen molar-refractivity contribution >= 4 is 28.7 Å². The summed E-state index contributed by atoms with van der Waals surface area (Å²) in [5.41, 5.74) is 1.01. The van der Waals surface area contributed by atoms with Crippen molar-refractivity contribution in [3.63, 3.8) is 0 Å². The molecule has 104 valence electrons. The van der Waals surface area contributed by atoms with E-state index in [1.807, 2.05) is 12.3 Å². The Morgan fingerprint density at radius 2 is 2.05 bits per heavy atom. The maximum atomic E-state index is 13.5. The molecule has 0 saturated carbocycles. The van der Waals surface area contributed by atoms with Gasteiger partial charge in [-0.05, 0) is 36.1 Å². The second kappa shape index (κ2) is 6.43. The first kappa shape index (κ1) is 14.4. The largest absolute Gasteiger partial charge is 0.324 e. The zero-order valence-electron chi connectivity index (χ0n) is 11.0. The van der Waals surface area contributed by atoms with Crippen LogP contribution in [0.25, 0.3) is 0 Å². The topological polar surface area (TPSA) is 46.2 Å². The van der Waals surface area contributed by atoms with E-state index in [1.165, 1.54) is 17.4 Å². The minimum absolute atomic E-state index is 0.0457. The maximum absolute atomic E-state index is 13.5. The number of carbonyl (C=O) groups is 2. The third-order valence-corrected chi connectivity index (χ3v) is 3.68. The van der Waals surface area contributed by atoms with Crippen molar-refractivity contribution in [2.45, 2.75) is 19.8 Å². The molecule has 20 heavy (non-hydrogen) atoms. The Balaban J connectivity index is 1.90. The van der Waals surface area contributed by atoms with E-state index in [0.717, 1.165) is 5.56 Å². The number of amides is 1. The van der Waals surface area contributed by atoms with Gasteiger partial charge in [0.2, 0.25) is 5.91 Å². The normalized spacial score (nSPS) is 10.3. The second-order valence-electron chi connectivity index (χ2n) is 4.43. The summed E-state index contributed by atoms with van der Waals surface area (Å²) in [6.07, 6.45) is 0.171. The van der Waals surface area contributed by atoms with E-state index in [-0.39, 0.29) is 30.2 Å². The fourth-order valence-corrected chi connectivity index (χ4v) is 2.43. The van der Waals surface area contributed by atoms with Crippen LogP contribution in [0.4, 0.5) is 10.1 Å². The Bertz CT molecular complexity index is 623. The molecule has 1 N–H and O–H groups in total. The van der Waals surface area contributed by atoms with Crippen LogP contribution in [0, 0.1) is 12.7 Å². The summed E-state index contributed by atoms with van der Waals surface area (Å²) in [4.78, 5) is 24.1. The molecule has 0 aliphatic carbocycles. The highest BCUT2D eigenvalue weighted by atomic mass is 32.1. The van der Waals surface area contributed by atoms with Crippen LogP contribution < -0.4 is 5.32 Å². The summed E-state index contributed by atoms with van der Waals surface area (Å²) < 4.78 is 13.5. The summed E-state index contributed by atoms with van der Waals surface area (Å²) in [5.74, 6) is -0.909. The molecule has 1 aromatic carbocycles. The number of Topliss-reactive ketones (excluding diaryl/α,β-unsaturated/α-hetero) is 1. The molecule has 0 radical (unpaired) electrons. The average Bonchev–Trinajstić information content (AvgIpc) is 2.94.